The average Bonchev–Trinajstić information content (AvgIpc) is 2.85. The number of nitrogens with zero attached hydrogens (tertiary/aromatic N) is 1. The maximum atomic E-state index is 11.2. The van der Waals surface area contributed by atoms with Crippen LogP contribution in [0.5, 0.6) is 0 Å². The molecule has 0 saturated carbocycles. The van der Waals surface area contributed by atoms with Gasteiger partial charge in [0, 0.05) is 5.69 Å². The van der Waals surface area contributed by atoms with Crippen LogP contribution in [-0.4, -0.2) is 18.1 Å². The minimum Gasteiger partial charge on any atom is -0.463 e. The van der Waals surface area contributed by atoms with Crippen LogP contribution in [0, 0.1) is 13.8 Å². The highest BCUT2D eigenvalue weighted by atomic mass is 16.5. The van der Waals surface area contributed by atoms with Gasteiger partial charge < -0.3 is 14.5 Å². The highest BCUT2D eigenvalue weighted by Crippen LogP contribution is 2.15. The second-order valence-electron chi connectivity index (χ2n) is 4.20. The molecule has 19 heavy (non-hydrogen) atoms. The van der Waals surface area contributed by atoms with Gasteiger partial charge in [-0.05, 0) is 38.1 Å². The number of methoxy groups -OCH3 is 1. The van der Waals surface area contributed by atoms with Gasteiger partial charge in [-0.15, -0.1) is 0 Å². The summed E-state index contributed by atoms with van der Waals surface area (Å²) in [6.07, 6.45) is 0. The Kier molecular flexibility index (Phi) is 3.85. The number of anilines is 1. The molecule has 2 aromatic rings. The van der Waals surface area contributed by atoms with E-state index in [1.165, 1.54) is 7.11 Å². The molecule has 0 unspecified atom stereocenters. The summed E-state index contributed by atoms with van der Waals surface area (Å²) in [5.74, 6) is 0.401. The third-order valence-corrected chi connectivity index (χ3v) is 2.73. The first-order valence-corrected chi connectivity index (χ1v) is 5.95. The van der Waals surface area contributed by atoms with E-state index in [-0.39, 0.29) is 5.76 Å². The summed E-state index contributed by atoms with van der Waals surface area (Å²) in [5.41, 5.74) is 2.86. The Morgan fingerprint density at radius 2 is 2.11 bits per heavy atom. The fourth-order valence-electron chi connectivity index (χ4n) is 1.74. The maximum absolute atomic E-state index is 11.2. The summed E-state index contributed by atoms with van der Waals surface area (Å²) in [6, 6.07) is 7.26. The molecule has 100 valence electrons. The maximum Gasteiger partial charge on any atom is 0.373 e. The van der Waals surface area contributed by atoms with Crippen molar-refractivity contribution in [1.82, 2.24) is 4.98 Å². The fourth-order valence-corrected chi connectivity index (χ4v) is 1.74. The molecule has 0 amide bonds. The van der Waals surface area contributed by atoms with Crippen LogP contribution in [0.15, 0.2) is 28.7 Å². The molecular weight excluding hydrogens is 244 g/mol. The van der Waals surface area contributed by atoms with Crippen molar-refractivity contribution in [3.8, 4) is 0 Å². The number of hydrogen-bond acceptors (Lipinski definition) is 5. The highest BCUT2D eigenvalue weighted by molar-refractivity contribution is 5.86. The molecule has 0 aliphatic rings. The minimum absolute atomic E-state index is 0.207. The number of esters is 1. The van der Waals surface area contributed by atoms with Crippen molar-refractivity contribution in [3.05, 3.63) is 47.2 Å². The van der Waals surface area contributed by atoms with E-state index in [4.69, 9.17) is 4.42 Å². The first-order chi connectivity index (χ1) is 9.10. The first kappa shape index (κ1) is 13.1. The van der Waals surface area contributed by atoms with E-state index in [1.54, 1.807) is 12.1 Å². The van der Waals surface area contributed by atoms with Crippen LogP contribution in [0.2, 0.25) is 0 Å². The topological polar surface area (TPSA) is 64.4 Å². The van der Waals surface area contributed by atoms with E-state index in [0.717, 1.165) is 17.1 Å². The molecule has 2 heterocycles. The summed E-state index contributed by atoms with van der Waals surface area (Å²) in [4.78, 5) is 15.6. The van der Waals surface area contributed by atoms with Gasteiger partial charge in [-0.1, -0.05) is 0 Å². The van der Waals surface area contributed by atoms with Crippen molar-refractivity contribution >= 4 is 11.7 Å². The zero-order chi connectivity index (χ0) is 13.8. The third kappa shape index (κ3) is 3.13. The van der Waals surface area contributed by atoms with Gasteiger partial charge in [0.1, 0.15) is 5.76 Å². The summed E-state index contributed by atoms with van der Waals surface area (Å²) >= 11 is 0. The number of ether oxygens (including phenoxy) is 1. The van der Waals surface area contributed by atoms with Gasteiger partial charge in [0.25, 0.3) is 0 Å². The molecule has 2 rings (SSSR count). The molecule has 0 radical (unpaired) electrons. The standard InChI is InChI=1S/C14H16N2O3/c1-9-4-6-12(10(2)16-9)15-8-11-5-7-13(19-11)14(17)18-3/h4-7,15H,8H2,1-3H3. The highest BCUT2D eigenvalue weighted by Gasteiger charge is 2.11. The Hall–Kier alpha value is -2.30. The van der Waals surface area contributed by atoms with Gasteiger partial charge in [-0.2, -0.15) is 0 Å². The molecule has 2 aromatic heterocycles. The van der Waals surface area contributed by atoms with Crippen molar-refractivity contribution < 1.29 is 13.9 Å². The largest absolute Gasteiger partial charge is 0.463 e. The number of hydrogen-bond donors (Lipinski definition) is 1. The minimum atomic E-state index is -0.473. The summed E-state index contributed by atoms with van der Waals surface area (Å²) in [7, 11) is 1.32. The van der Waals surface area contributed by atoms with Crippen LogP contribution in [-0.2, 0) is 11.3 Å². The third-order valence-electron chi connectivity index (χ3n) is 2.73. The Morgan fingerprint density at radius 1 is 1.32 bits per heavy atom. The molecule has 0 aromatic carbocycles. The predicted octanol–water partition coefficient (Wildman–Crippen LogP) is 2.69. The monoisotopic (exact) mass is 260 g/mol. The van der Waals surface area contributed by atoms with Crippen LogP contribution < -0.4 is 5.32 Å². The van der Waals surface area contributed by atoms with Crippen LogP contribution in [0.25, 0.3) is 0 Å². The molecule has 5 heteroatoms. The number of aromatic nitrogens is 1. The number of furan rings is 1. The summed E-state index contributed by atoms with van der Waals surface area (Å²) < 4.78 is 9.95. The second-order valence-corrected chi connectivity index (χ2v) is 4.20. The van der Waals surface area contributed by atoms with Crippen LogP contribution in [0.4, 0.5) is 5.69 Å². The quantitative estimate of drug-likeness (QED) is 0.856. The molecule has 5 nitrogen and oxygen atoms in total. The van der Waals surface area contributed by atoms with Crippen molar-refractivity contribution in [3.63, 3.8) is 0 Å². The van der Waals surface area contributed by atoms with Crippen molar-refractivity contribution in [2.24, 2.45) is 0 Å². The Labute approximate surface area is 111 Å². The SMILES string of the molecule is COC(=O)c1ccc(CNc2ccc(C)nc2C)o1. The van der Waals surface area contributed by atoms with Gasteiger partial charge in [-0.3, -0.25) is 4.98 Å². The first-order valence-electron chi connectivity index (χ1n) is 5.95. The van der Waals surface area contributed by atoms with E-state index in [1.807, 2.05) is 26.0 Å². The number of rotatable bonds is 4. The van der Waals surface area contributed by atoms with Crippen molar-refractivity contribution in [2.45, 2.75) is 20.4 Å². The van der Waals surface area contributed by atoms with E-state index >= 15 is 0 Å². The van der Waals surface area contributed by atoms with Crippen LogP contribution in [0.1, 0.15) is 27.7 Å². The van der Waals surface area contributed by atoms with Crippen LogP contribution >= 0.6 is 0 Å². The van der Waals surface area contributed by atoms with Crippen LogP contribution in [0.3, 0.4) is 0 Å². The number of pyridine rings is 1. The summed E-state index contributed by atoms with van der Waals surface area (Å²) in [6.45, 7) is 4.38. The van der Waals surface area contributed by atoms with Gasteiger partial charge in [0.15, 0.2) is 0 Å². The number of carbonyl (C=O) groups excluding carboxylic acids is 1. The van der Waals surface area contributed by atoms with Gasteiger partial charge in [0.05, 0.1) is 25.0 Å². The van der Waals surface area contributed by atoms with E-state index in [9.17, 15) is 4.79 Å². The lowest BCUT2D eigenvalue weighted by molar-refractivity contribution is 0.0563. The van der Waals surface area contributed by atoms with Gasteiger partial charge in [-0.25, -0.2) is 4.79 Å². The zero-order valence-electron chi connectivity index (χ0n) is 11.2. The smallest absolute Gasteiger partial charge is 0.373 e. The second kappa shape index (κ2) is 5.56. The Balaban J connectivity index is 2.02. The van der Waals surface area contributed by atoms with E-state index in [2.05, 4.69) is 15.0 Å². The molecular formula is C14H16N2O3. The molecule has 0 spiro atoms. The number of aryl methyl sites for hydroxylation is 2. The zero-order valence-corrected chi connectivity index (χ0v) is 11.2. The molecule has 0 bridgehead atoms. The molecule has 0 fully saturated rings. The lowest BCUT2D eigenvalue weighted by Gasteiger charge is -2.07. The lowest BCUT2D eigenvalue weighted by Crippen LogP contribution is -2.02. The Morgan fingerprint density at radius 3 is 2.79 bits per heavy atom. The molecule has 0 aliphatic carbocycles. The lowest BCUT2D eigenvalue weighted by atomic mass is 10.2. The predicted molar refractivity (Wildman–Crippen MR) is 71.1 cm³/mol. The van der Waals surface area contributed by atoms with Gasteiger partial charge in [0.2, 0.25) is 5.76 Å². The van der Waals surface area contributed by atoms with Gasteiger partial charge >= 0.3 is 5.97 Å². The normalized spacial score (nSPS) is 10.3. The molecule has 0 saturated heterocycles. The summed E-state index contributed by atoms with van der Waals surface area (Å²) in [5, 5.41) is 3.22. The molecule has 0 atom stereocenters. The number of carbonyl (C=O) groups is 1. The Bertz CT molecular complexity index is 590. The average molecular weight is 260 g/mol. The van der Waals surface area contributed by atoms with Crippen molar-refractivity contribution in [1.29, 1.82) is 0 Å². The number of nitrogens with one attached hydrogen (secondary N) is 1. The fraction of sp³-hybridized carbons (Fsp3) is 0.286. The molecule has 0 aliphatic heterocycles. The van der Waals surface area contributed by atoms with E-state index < -0.39 is 5.97 Å². The van der Waals surface area contributed by atoms with Crippen molar-refractivity contribution in [2.75, 3.05) is 12.4 Å². The van der Waals surface area contributed by atoms with E-state index in [0.29, 0.717) is 12.3 Å². The molecule has 1 N–H and O–H groups in total.